The molecule has 0 saturated heterocycles. The summed E-state index contributed by atoms with van der Waals surface area (Å²) in [6, 6.07) is 23.0. The second kappa shape index (κ2) is 8.33. The van der Waals surface area contributed by atoms with Crippen LogP contribution in [-0.4, -0.2) is 30.3 Å². The van der Waals surface area contributed by atoms with Crippen molar-refractivity contribution in [1.29, 1.82) is 0 Å². The third-order valence-electron chi connectivity index (χ3n) is 5.23. The van der Waals surface area contributed by atoms with Crippen molar-refractivity contribution in [2.24, 2.45) is 0 Å². The van der Waals surface area contributed by atoms with Crippen molar-refractivity contribution in [3.05, 3.63) is 101 Å². The Labute approximate surface area is 174 Å². The summed E-state index contributed by atoms with van der Waals surface area (Å²) in [6.07, 6.45) is 0.768. The average molecular weight is 399 g/mol. The molecule has 0 saturated carbocycles. The van der Waals surface area contributed by atoms with E-state index >= 15 is 0 Å². The fourth-order valence-electron chi connectivity index (χ4n) is 3.82. The fraction of sp³-hybridized carbons (Fsp3) is 0.160. The number of hydrogen-bond acceptors (Lipinski definition) is 4. The molecule has 30 heavy (non-hydrogen) atoms. The van der Waals surface area contributed by atoms with Crippen LogP contribution in [0.15, 0.2) is 78.9 Å². The van der Waals surface area contributed by atoms with Gasteiger partial charge in [0.25, 0.3) is 5.91 Å². The molecule has 0 bridgehead atoms. The number of carbonyl (C=O) groups excluding carboxylic acids is 3. The minimum Gasteiger partial charge on any atom is -0.452 e. The van der Waals surface area contributed by atoms with Crippen LogP contribution in [-0.2, 0) is 16.0 Å². The van der Waals surface area contributed by atoms with Crippen molar-refractivity contribution in [3.8, 4) is 0 Å². The summed E-state index contributed by atoms with van der Waals surface area (Å²) < 4.78 is 5.31. The van der Waals surface area contributed by atoms with Crippen LogP contribution in [0, 0.1) is 0 Å². The summed E-state index contributed by atoms with van der Waals surface area (Å²) in [6.45, 7) is 1.58. The van der Waals surface area contributed by atoms with Crippen molar-refractivity contribution in [2.75, 3.05) is 11.5 Å². The number of rotatable bonds is 5. The Morgan fingerprint density at radius 2 is 1.50 bits per heavy atom. The van der Waals surface area contributed by atoms with Gasteiger partial charge in [0.05, 0.1) is 5.56 Å². The molecule has 1 heterocycles. The molecule has 0 radical (unpaired) electrons. The Morgan fingerprint density at radius 3 is 2.27 bits per heavy atom. The largest absolute Gasteiger partial charge is 0.452 e. The fourth-order valence-corrected chi connectivity index (χ4v) is 3.82. The zero-order chi connectivity index (χ0) is 21.1. The Bertz CT molecular complexity index is 1110. The molecule has 1 amide bonds. The number of hydrogen-bond donors (Lipinski definition) is 0. The van der Waals surface area contributed by atoms with Crippen LogP contribution in [0.2, 0.25) is 0 Å². The van der Waals surface area contributed by atoms with Crippen molar-refractivity contribution >= 4 is 23.3 Å². The highest BCUT2D eigenvalue weighted by molar-refractivity contribution is 6.14. The monoisotopic (exact) mass is 399 g/mol. The van der Waals surface area contributed by atoms with E-state index in [9.17, 15) is 14.4 Å². The number of fused-ring (bicyclic) bond motifs is 1. The predicted molar refractivity (Wildman–Crippen MR) is 114 cm³/mol. The standard InChI is InChI=1S/C25H21NO4/c1-17-15-19-11-5-8-14-22(19)26(17)23(27)16-30-25(29)21-13-7-6-12-20(21)24(28)18-9-3-2-4-10-18/h2-14,17H,15-16H2,1H3. The highest BCUT2D eigenvalue weighted by Gasteiger charge is 2.31. The zero-order valence-electron chi connectivity index (χ0n) is 16.6. The van der Waals surface area contributed by atoms with Crippen LogP contribution >= 0.6 is 0 Å². The first-order chi connectivity index (χ1) is 14.6. The highest BCUT2D eigenvalue weighted by atomic mass is 16.5. The van der Waals surface area contributed by atoms with Crippen LogP contribution in [0.25, 0.3) is 0 Å². The normalized spacial score (nSPS) is 14.8. The minimum atomic E-state index is -0.691. The number of ether oxygens (including phenoxy) is 1. The molecule has 0 spiro atoms. The average Bonchev–Trinajstić information content (AvgIpc) is 3.13. The lowest BCUT2D eigenvalue weighted by Gasteiger charge is -2.22. The summed E-state index contributed by atoms with van der Waals surface area (Å²) >= 11 is 0. The van der Waals surface area contributed by atoms with E-state index in [1.54, 1.807) is 47.4 Å². The maximum atomic E-state index is 12.8. The van der Waals surface area contributed by atoms with Gasteiger partial charge in [-0.25, -0.2) is 4.79 Å². The van der Waals surface area contributed by atoms with E-state index in [2.05, 4.69) is 0 Å². The van der Waals surface area contributed by atoms with Crippen molar-refractivity contribution in [1.82, 2.24) is 0 Å². The summed E-state index contributed by atoms with van der Waals surface area (Å²) in [7, 11) is 0. The molecule has 1 aliphatic rings. The molecule has 0 aromatic heterocycles. The second-order valence-corrected chi connectivity index (χ2v) is 7.26. The van der Waals surface area contributed by atoms with Crippen LogP contribution in [0.3, 0.4) is 0 Å². The number of nitrogens with zero attached hydrogens (tertiary/aromatic N) is 1. The topological polar surface area (TPSA) is 63.7 Å². The molecule has 4 rings (SSSR count). The van der Waals surface area contributed by atoms with Crippen LogP contribution in [0.1, 0.15) is 38.8 Å². The van der Waals surface area contributed by atoms with Gasteiger partial charge in [0.2, 0.25) is 0 Å². The molecule has 3 aromatic rings. The Balaban J connectivity index is 1.49. The highest BCUT2D eigenvalue weighted by Crippen LogP contribution is 2.31. The molecule has 0 aliphatic carbocycles. The van der Waals surface area contributed by atoms with Gasteiger partial charge in [-0.2, -0.15) is 0 Å². The van der Waals surface area contributed by atoms with Gasteiger partial charge >= 0.3 is 5.97 Å². The number of amides is 1. The molecule has 150 valence electrons. The first-order valence-electron chi connectivity index (χ1n) is 9.82. The lowest BCUT2D eigenvalue weighted by Crippen LogP contribution is -2.38. The molecule has 1 atom stereocenters. The van der Waals surface area contributed by atoms with Crippen molar-refractivity contribution < 1.29 is 19.1 Å². The van der Waals surface area contributed by atoms with Gasteiger partial charge < -0.3 is 9.64 Å². The summed E-state index contributed by atoms with van der Waals surface area (Å²) in [5.41, 5.74) is 2.83. The van der Waals surface area contributed by atoms with Crippen LogP contribution < -0.4 is 4.90 Å². The Kier molecular flexibility index (Phi) is 5.44. The summed E-state index contributed by atoms with van der Waals surface area (Å²) in [5.74, 6) is -1.24. The molecule has 0 fully saturated rings. The van der Waals surface area contributed by atoms with E-state index in [1.165, 1.54) is 6.07 Å². The minimum absolute atomic E-state index is 0.000506. The summed E-state index contributed by atoms with van der Waals surface area (Å²) in [4.78, 5) is 40.0. The molecule has 0 N–H and O–H groups in total. The number of anilines is 1. The maximum Gasteiger partial charge on any atom is 0.339 e. The Hall–Kier alpha value is -3.73. The number of benzene rings is 3. The number of para-hydroxylation sites is 1. The van der Waals surface area contributed by atoms with Crippen LogP contribution in [0.4, 0.5) is 5.69 Å². The smallest absolute Gasteiger partial charge is 0.339 e. The van der Waals surface area contributed by atoms with Crippen LogP contribution in [0.5, 0.6) is 0 Å². The third kappa shape index (κ3) is 3.74. The lowest BCUT2D eigenvalue weighted by atomic mass is 9.98. The molecular formula is C25H21NO4. The van der Waals surface area contributed by atoms with E-state index in [4.69, 9.17) is 4.74 Å². The van der Waals surface area contributed by atoms with E-state index in [0.29, 0.717) is 5.56 Å². The predicted octanol–water partition coefficient (Wildman–Crippen LogP) is 4.05. The van der Waals surface area contributed by atoms with Crippen molar-refractivity contribution in [2.45, 2.75) is 19.4 Å². The molecule has 1 aliphatic heterocycles. The van der Waals surface area contributed by atoms with E-state index in [-0.39, 0.29) is 35.5 Å². The zero-order valence-corrected chi connectivity index (χ0v) is 16.6. The number of carbonyl (C=O) groups is 3. The first kappa shape index (κ1) is 19.6. The number of ketones is 1. The SMILES string of the molecule is CC1Cc2ccccc2N1C(=O)COC(=O)c1ccccc1C(=O)c1ccccc1. The molecule has 5 heteroatoms. The van der Waals surface area contributed by atoms with Gasteiger partial charge in [-0.15, -0.1) is 0 Å². The quantitative estimate of drug-likeness (QED) is 0.480. The molecule has 5 nitrogen and oxygen atoms in total. The van der Waals surface area contributed by atoms with Gasteiger partial charge in [0.15, 0.2) is 12.4 Å². The first-order valence-corrected chi connectivity index (χ1v) is 9.82. The molecule has 3 aromatic carbocycles. The van der Waals surface area contributed by atoms with Gasteiger partial charge in [-0.1, -0.05) is 66.7 Å². The molecular weight excluding hydrogens is 378 g/mol. The summed E-state index contributed by atoms with van der Waals surface area (Å²) in [5, 5.41) is 0. The van der Waals surface area contributed by atoms with E-state index in [1.807, 2.05) is 37.3 Å². The second-order valence-electron chi connectivity index (χ2n) is 7.26. The molecule has 1 unspecified atom stereocenters. The van der Waals surface area contributed by atoms with Gasteiger partial charge in [0.1, 0.15) is 0 Å². The van der Waals surface area contributed by atoms with Crippen molar-refractivity contribution in [3.63, 3.8) is 0 Å². The van der Waals surface area contributed by atoms with E-state index < -0.39 is 5.97 Å². The van der Waals surface area contributed by atoms with Gasteiger partial charge in [0, 0.05) is 22.9 Å². The maximum absolute atomic E-state index is 12.8. The lowest BCUT2D eigenvalue weighted by molar-refractivity contribution is -0.122. The number of esters is 1. The van der Waals surface area contributed by atoms with Gasteiger partial charge in [-0.3, -0.25) is 9.59 Å². The Morgan fingerprint density at radius 1 is 0.867 bits per heavy atom. The van der Waals surface area contributed by atoms with E-state index in [0.717, 1.165) is 17.7 Å². The third-order valence-corrected chi connectivity index (χ3v) is 5.23. The van der Waals surface area contributed by atoms with Gasteiger partial charge in [-0.05, 0) is 31.0 Å².